The molecule has 0 aliphatic carbocycles. The topological polar surface area (TPSA) is 18.1 Å². The lowest BCUT2D eigenvalue weighted by Crippen LogP contribution is -2.74. The minimum absolute atomic E-state index is 0.903. The Morgan fingerprint density at radius 3 is 1.72 bits per heavy atom. The summed E-state index contributed by atoms with van der Waals surface area (Å²) in [6, 6.07) is 62.0. The van der Waals surface area contributed by atoms with Crippen LogP contribution >= 0.6 is 0 Å². The van der Waals surface area contributed by atoms with Crippen LogP contribution in [0.15, 0.2) is 174 Å². The standard InChI is InChI=1S/C43H31NOSi/c1-30-24-26-36-35-20-11-12-22-39(35)44(40(36)28-30)31-25-27-41-38(29-31)37-21-13-23-42(43(37)45-41)46(32-14-5-2-6-15-32,33-16-7-3-8-17-33)34-18-9-4-10-19-34/h2-29H,1H3. The van der Waals surface area contributed by atoms with E-state index in [1.54, 1.807) is 0 Å². The van der Waals surface area contributed by atoms with E-state index >= 15 is 0 Å². The van der Waals surface area contributed by atoms with Gasteiger partial charge < -0.3 is 8.98 Å². The second kappa shape index (κ2) is 10.5. The van der Waals surface area contributed by atoms with Crippen LogP contribution in [0.1, 0.15) is 5.56 Å². The van der Waals surface area contributed by atoms with Crippen LogP contribution in [0.4, 0.5) is 0 Å². The molecule has 0 unspecified atom stereocenters. The third-order valence-corrected chi connectivity index (χ3v) is 14.4. The van der Waals surface area contributed by atoms with Crippen LogP contribution in [0, 0.1) is 6.92 Å². The molecule has 0 aliphatic rings. The van der Waals surface area contributed by atoms with E-state index < -0.39 is 8.07 Å². The molecule has 9 aromatic rings. The maximum absolute atomic E-state index is 6.95. The SMILES string of the molecule is Cc1ccc2c3ccccc3n(-c3ccc4oc5c([Si](c6ccccc6)(c6ccccc6)c6ccccc6)cccc5c4c3)c2c1. The molecule has 7 aromatic carbocycles. The second-order valence-corrected chi connectivity index (χ2v) is 16.0. The van der Waals surface area contributed by atoms with Gasteiger partial charge in [0.1, 0.15) is 11.2 Å². The molecule has 2 heterocycles. The molecule has 0 bridgehead atoms. The highest BCUT2D eigenvalue weighted by atomic mass is 28.3. The molecule has 0 spiro atoms. The zero-order valence-electron chi connectivity index (χ0n) is 25.5. The largest absolute Gasteiger partial charge is 0.456 e. The van der Waals surface area contributed by atoms with Gasteiger partial charge in [-0.15, -0.1) is 0 Å². The molecule has 0 N–H and O–H groups in total. The van der Waals surface area contributed by atoms with Gasteiger partial charge >= 0.3 is 0 Å². The Morgan fingerprint density at radius 2 is 1.04 bits per heavy atom. The summed E-state index contributed by atoms with van der Waals surface area (Å²) in [6.45, 7) is 2.16. The van der Waals surface area contributed by atoms with E-state index in [1.807, 2.05) is 0 Å². The molecular formula is C43H31NOSi. The van der Waals surface area contributed by atoms with Crippen molar-refractivity contribution in [2.24, 2.45) is 0 Å². The Labute approximate surface area is 268 Å². The number of para-hydroxylation sites is 2. The number of hydrogen-bond donors (Lipinski definition) is 0. The highest BCUT2D eigenvalue weighted by molar-refractivity contribution is 7.20. The number of aromatic nitrogens is 1. The van der Waals surface area contributed by atoms with Crippen LogP contribution in [-0.2, 0) is 0 Å². The number of aryl methyl sites for hydroxylation is 1. The zero-order valence-corrected chi connectivity index (χ0v) is 26.5. The van der Waals surface area contributed by atoms with Crippen molar-refractivity contribution >= 4 is 72.6 Å². The first-order valence-electron chi connectivity index (χ1n) is 15.9. The van der Waals surface area contributed by atoms with Gasteiger partial charge in [0.15, 0.2) is 8.07 Å². The summed E-state index contributed by atoms with van der Waals surface area (Å²) in [5.74, 6) is 0. The first-order chi connectivity index (χ1) is 22.7. The molecule has 218 valence electrons. The molecule has 0 aliphatic heterocycles. The first-order valence-corrected chi connectivity index (χ1v) is 17.9. The van der Waals surface area contributed by atoms with Crippen molar-refractivity contribution in [3.8, 4) is 5.69 Å². The molecule has 0 radical (unpaired) electrons. The Kier molecular flexibility index (Phi) is 6.09. The fourth-order valence-electron chi connectivity index (χ4n) is 7.61. The molecule has 0 saturated heterocycles. The van der Waals surface area contributed by atoms with Crippen LogP contribution in [0.5, 0.6) is 0 Å². The number of nitrogens with zero attached hydrogens (tertiary/aromatic N) is 1. The van der Waals surface area contributed by atoms with Crippen molar-refractivity contribution in [2.45, 2.75) is 6.92 Å². The van der Waals surface area contributed by atoms with Gasteiger partial charge in [-0.1, -0.05) is 140 Å². The molecule has 9 rings (SSSR count). The molecule has 2 nitrogen and oxygen atoms in total. The molecule has 0 atom stereocenters. The molecule has 46 heavy (non-hydrogen) atoms. The minimum Gasteiger partial charge on any atom is -0.456 e. The molecule has 0 fully saturated rings. The Bertz CT molecular complexity index is 2430. The van der Waals surface area contributed by atoms with Crippen molar-refractivity contribution in [1.29, 1.82) is 0 Å². The third-order valence-electron chi connectivity index (χ3n) is 9.59. The fourth-order valence-corrected chi connectivity index (χ4v) is 12.5. The average Bonchev–Trinajstić information content (AvgIpc) is 3.65. The lowest BCUT2D eigenvalue weighted by molar-refractivity contribution is 0.671. The lowest BCUT2D eigenvalue weighted by Gasteiger charge is -2.34. The summed E-state index contributed by atoms with van der Waals surface area (Å²) < 4.78 is 9.35. The van der Waals surface area contributed by atoms with Crippen LogP contribution in [0.25, 0.3) is 49.4 Å². The summed E-state index contributed by atoms with van der Waals surface area (Å²) in [4.78, 5) is 0. The first kappa shape index (κ1) is 26.7. The normalized spacial score (nSPS) is 12.0. The molecular weight excluding hydrogens is 575 g/mol. The van der Waals surface area contributed by atoms with Gasteiger partial charge in [-0.25, -0.2) is 0 Å². The Balaban J connectivity index is 1.36. The number of rotatable bonds is 5. The van der Waals surface area contributed by atoms with Gasteiger partial charge in [0.25, 0.3) is 0 Å². The number of benzene rings is 7. The van der Waals surface area contributed by atoms with Crippen LogP contribution in [0.3, 0.4) is 0 Å². The number of furan rings is 1. The van der Waals surface area contributed by atoms with Gasteiger partial charge in [-0.05, 0) is 63.6 Å². The van der Waals surface area contributed by atoms with Crippen molar-refractivity contribution in [3.05, 3.63) is 175 Å². The van der Waals surface area contributed by atoms with E-state index in [0.717, 1.165) is 27.6 Å². The second-order valence-electron chi connectivity index (χ2n) is 12.2. The van der Waals surface area contributed by atoms with E-state index in [1.165, 1.54) is 48.1 Å². The number of fused-ring (bicyclic) bond motifs is 6. The summed E-state index contributed by atoms with van der Waals surface area (Å²) >= 11 is 0. The highest BCUT2D eigenvalue weighted by Crippen LogP contribution is 2.36. The molecule has 2 aromatic heterocycles. The van der Waals surface area contributed by atoms with E-state index in [9.17, 15) is 0 Å². The van der Waals surface area contributed by atoms with Crippen molar-refractivity contribution in [2.75, 3.05) is 0 Å². The number of hydrogen-bond acceptors (Lipinski definition) is 1. The van der Waals surface area contributed by atoms with Crippen LogP contribution < -0.4 is 20.7 Å². The van der Waals surface area contributed by atoms with Gasteiger partial charge in [-0.2, -0.15) is 0 Å². The van der Waals surface area contributed by atoms with Crippen molar-refractivity contribution in [1.82, 2.24) is 4.57 Å². The van der Waals surface area contributed by atoms with Crippen molar-refractivity contribution in [3.63, 3.8) is 0 Å². The molecule has 0 amide bonds. The van der Waals surface area contributed by atoms with E-state index in [4.69, 9.17) is 4.42 Å². The zero-order chi connectivity index (χ0) is 30.7. The molecule has 0 saturated carbocycles. The fraction of sp³-hybridized carbons (Fsp3) is 0.0233. The predicted molar refractivity (Wildman–Crippen MR) is 196 cm³/mol. The summed E-state index contributed by atoms with van der Waals surface area (Å²) in [6.07, 6.45) is 0. The van der Waals surface area contributed by atoms with E-state index in [2.05, 4.69) is 181 Å². The van der Waals surface area contributed by atoms with Crippen LogP contribution in [-0.4, -0.2) is 12.6 Å². The van der Waals surface area contributed by atoms with E-state index in [0.29, 0.717) is 0 Å². The third kappa shape index (κ3) is 3.89. The predicted octanol–water partition coefficient (Wildman–Crippen LogP) is 8.37. The van der Waals surface area contributed by atoms with Crippen LogP contribution in [0.2, 0.25) is 0 Å². The summed E-state index contributed by atoms with van der Waals surface area (Å²) in [5, 5.41) is 10.1. The van der Waals surface area contributed by atoms with Gasteiger partial charge in [0, 0.05) is 27.2 Å². The smallest absolute Gasteiger partial charge is 0.184 e. The Morgan fingerprint density at radius 1 is 0.457 bits per heavy atom. The van der Waals surface area contributed by atoms with Gasteiger partial charge in [0.2, 0.25) is 0 Å². The molecule has 3 heteroatoms. The van der Waals surface area contributed by atoms with Crippen molar-refractivity contribution < 1.29 is 4.42 Å². The maximum Gasteiger partial charge on any atom is 0.184 e. The highest BCUT2D eigenvalue weighted by Gasteiger charge is 2.43. The average molecular weight is 606 g/mol. The quantitative estimate of drug-likeness (QED) is 0.142. The summed E-state index contributed by atoms with van der Waals surface area (Å²) in [7, 11) is -2.77. The van der Waals surface area contributed by atoms with E-state index in [-0.39, 0.29) is 0 Å². The monoisotopic (exact) mass is 605 g/mol. The van der Waals surface area contributed by atoms with Gasteiger partial charge in [0.05, 0.1) is 11.0 Å². The summed E-state index contributed by atoms with van der Waals surface area (Å²) in [5.41, 5.74) is 6.68. The Hall–Kier alpha value is -5.64. The maximum atomic E-state index is 6.95. The van der Waals surface area contributed by atoms with Gasteiger partial charge in [-0.3, -0.25) is 0 Å². The minimum atomic E-state index is -2.77. The lowest BCUT2D eigenvalue weighted by atomic mass is 10.1.